The fourth-order valence-corrected chi connectivity index (χ4v) is 2.25. The zero-order valence-corrected chi connectivity index (χ0v) is 12.6. The highest BCUT2D eigenvalue weighted by atomic mass is 19.4. The summed E-state index contributed by atoms with van der Waals surface area (Å²) >= 11 is 0. The van der Waals surface area contributed by atoms with Crippen LogP contribution in [0.2, 0.25) is 0 Å². The number of aromatic nitrogens is 2. The summed E-state index contributed by atoms with van der Waals surface area (Å²) in [5, 5.41) is 23.4. The van der Waals surface area contributed by atoms with Gasteiger partial charge in [0, 0.05) is 6.42 Å². The van der Waals surface area contributed by atoms with Crippen molar-refractivity contribution in [2.45, 2.75) is 25.2 Å². The molecule has 0 amide bonds. The van der Waals surface area contributed by atoms with Crippen molar-refractivity contribution < 1.29 is 28.0 Å². The zero-order valence-electron chi connectivity index (χ0n) is 12.6. The van der Waals surface area contributed by atoms with E-state index in [-0.39, 0.29) is 6.54 Å². The average Bonchev–Trinajstić information content (AvgIpc) is 2.87. The molecule has 0 fully saturated rings. The van der Waals surface area contributed by atoms with E-state index >= 15 is 0 Å². The summed E-state index contributed by atoms with van der Waals surface area (Å²) in [5.74, 6) is -1.49. The van der Waals surface area contributed by atoms with Gasteiger partial charge in [-0.1, -0.05) is 30.3 Å². The van der Waals surface area contributed by atoms with E-state index < -0.39 is 46.6 Å². The monoisotopic (exact) mass is 358 g/mol. The van der Waals surface area contributed by atoms with Crippen LogP contribution in [0.5, 0.6) is 0 Å². The first-order valence-electron chi connectivity index (χ1n) is 6.94. The van der Waals surface area contributed by atoms with Gasteiger partial charge in [0.2, 0.25) is 5.69 Å². The molecular formula is C14H13F3N4O4. The molecule has 0 aliphatic carbocycles. The van der Waals surface area contributed by atoms with Gasteiger partial charge in [0.25, 0.3) is 0 Å². The Morgan fingerprint density at radius 3 is 2.44 bits per heavy atom. The maximum atomic E-state index is 13.1. The third-order valence-corrected chi connectivity index (χ3v) is 3.39. The van der Waals surface area contributed by atoms with Gasteiger partial charge in [-0.05, 0) is 5.56 Å². The number of carbonyl (C=O) groups is 1. The Balaban J connectivity index is 2.59. The van der Waals surface area contributed by atoms with Crippen LogP contribution in [0, 0.1) is 10.1 Å². The fourth-order valence-electron chi connectivity index (χ4n) is 2.25. The maximum absolute atomic E-state index is 13.1. The average molecular weight is 358 g/mol. The molecule has 0 spiro atoms. The topological polar surface area (TPSA) is 124 Å². The lowest BCUT2D eigenvalue weighted by molar-refractivity contribution is -0.388. The van der Waals surface area contributed by atoms with E-state index in [9.17, 15) is 28.1 Å². The van der Waals surface area contributed by atoms with Gasteiger partial charge >= 0.3 is 17.8 Å². The Kier molecular flexibility index (Phi) is 5.07. The van der Waals surface area contributed by atoms with Gasteiger partial charge in [0.1, 0.15) is 11.7 Å². The molecule has 1 aromatic carbocycles. The molecule has 11 heteroatoms. The Morgan fingerprint density at radius 2 is 1.96 bits per heavy atom. The number of benzene rings is 1. The first-order valence-corrected chi connectivity index (χ1v) is 6.94. The second kappa shape index (κ2) is 6.89. The van der Waals surface area contributed by atoms with Gasteiger partial charge in [-0.2, -0.15) is 18.3 Å². The summed E-state index contributed by atoms with van der Waals surface area (Å²) in [4.78, 5) is 20.9. The van der Waals surface area contributed by atoms with Crippen molar-refractivity contribution in [3.8, 4) is 0 Å². The number of hydrogen-bond acceptors (Lipinski definition) is 5. The van der Waals surface area contributed by atoms with E-state index in [2.05, 4.69) is 5.10 Å². The van der Waals surface area contributed by atoms with Gasteiger partial charge in [0.15, 0.2) is 0 Å². The number of nitrogens with two attached hydrogens (primary N) is 1. The first-order chi connectivity index (χ1) is 11.6. The van der Waals surface area contributed by atoms with Crippen LogP contribution in [0.4, 0.5) is 18.9 Å². The first kappa shape index (κ1) is 18.4. The molecule has 2 aromatic rings. The lowest BCUT2D eigenvalue weighted by Crippen LogP contribution is -2.33. The molecule has 0 aliphatic heterocycles. The van der Waals surface area contributed by atoms with E-state index in [0.717, 1.165) is 4.68 Å². The number of alkyl halides is 3. The van der Waals surface area contributed by atoms with Gasteiger partial charge in [-0.25, -0.2) is 0 Å². The van der Waals surface area contributed by atoms with E-state index in [1.807, 2.05) is 0 Å². The molecule has 0 bridgehead atoms. The number of carboxylic acids is 1. The van der Waals surface area contributed by atoms with E-state index in [1.54, 1.807) is 30.3 Å². The molecule has 2 rings (SSSR count). The van der Waals surface area contributed by atoms with Gasteiger partial charge in [0.05, 0.1) is 11.5 Å². The molecule has 134 valence electrons. The van der Waals surface area contributed by atoms with Crippen LogP contribution in [0.3, 0.4) is 0 Å². The summed E-state index contributed by atoms with van der Waals surface area (Å²) in [6, 6.07) is 6.56. The number of carboxylic acid groups (broad SMARTS) is 1. The highest BCUT2D eigenvalue weighted by Crippen LogP contribution is 2.37. The van der Waals surface area contributed by atoms with Crippen LogP contribution in [0.1, 0.15) is 17.0 Å². The highest BCUT2D eigenvalue weighted by Gasteiger charge is 2.45. The largest absolute Gasteiger partial charge is 0.480 e. The fraction of sp³-hybridized carbons (Fsp3) is 0.286. The second-order valence-electron chi connectivity index (χ2n) is 5.19. The van der Waals surface area contributed by atoms with Crippen molar-refractivity contribution in [1.82, 2.24) is 9.78 Å². The zero-order chi connectivity index (χ0) is 18.8. The van der Waals surface area contributed by atoms with Crippen molar-refractivity contribution in [1.29, 1.82) is 0 Å². The van der Waals surface area contributed by atoms with Gasteiger partial charge in [-0.15, -0.1) is 0 Å². The minimum Gasteiger partial charge on any atom is -0.480 e. The van der Waals surface area contributed by atoms with E-state index in [0.29, 0.717) is 5.56 Å². The number of nitro groups is 1. The van der Waals surface area contributed by atoms with Crippen molar-refractivity contribution in [2.75, 3.05) is 0 Å². The van der Waals surface area contributed by atoms with Gasteiger partial charge < -0.3 is 10.8 Å². The van der Waals surface area contributed by atoms with Crippen LogP contribution in [-0.4, -0.2) is 31.8 Å². The lowest BCUT2D eigenvalue weighted by Gasteiger charge is -2.09. The number of rotatable bonds is 6. The van der Waals surface area contributed by atoms with E-state index in [1.165, 1.54) is 0 Å². The van der Waals surface area contributed by atoms with Crippen LogP contribution in [0.15, 0.2) is 30.3 Å². The predicted molar refractivity (Wildman–Crippen MR) is 78.7 cm³/mol. The molecule has 1 atom stereocenters. The Bertz CT molecular complexity index is 789. The van der Waals surface area contributed by atoms with Crippen molar-refractivity contribution >= 4 is 11.7 Å². The molecule has 1 aromatic heterocycles. The summed E-state index contributed by atoms with van der Waals surface area (Å²) < 4.78 is 40.1. The molecule has 0 aliphatic rings. The molecule has 0 saturated heterocycles. The molecule has 8 nitrogen and oxygen atoms in total. The van der Waals surface area contributed by atoms with E-state index in [4.69, 9.17) is 10.8 Å². The Morgan fingerprint density at radius 1 is 1.36 bits per heavy atom. The third-order valence-electron chi connectivity index (χ3n) is 3.39. The minimum absolute atomic E-state index is 0.195. The predicted octanol–water partition coefficient (Wildman–Crippen LogP) is 1.81. The molecule has 1 heterocycles. The molecule has 0 radical (unpaired) electrons. The Hall–Kier alpha value is -2.95. The normalized spacial score (nSPS) is 12.8. The third kappa shape index (κ3) is 4.12. The standard InChI is InChI=1S/C14H13F3N4O4/c15-14(16,17)12-11(21(24)25)10(6-9(18)13(22)23)20(19-12)7-8-4-2-1-3-5-8/h1-5,9H,6-7,18H2,(H,22,23). The quantitative estimate of drug-likeness (QED) is 0.599. The Labute approximate surface area is 138 Å². The van der Waals surface area contributed by atoms with Crippen LogP contribution >= 0.6 is 0 Å². The molecule has 25 heavy (non-hydrogen) atoms. The van der Waals surface area contributed by atoms with Crippen LogP contribution in [0.25, 0.3) is 0 Å². The number of halogens is 3. The summed E-state index contributed by atoms with van der Waals surface area (Å²) in [7, 11) is 0. The summed E-state index contributed by atoms with van der Waals surface area (Å²) in [6.07, 6.45) is -5.73. The molecule has 3 N–H and O–H groups in total. The summed E-state index contributed by atoms with van der Waals surface area (Å²) in [6.45, 7) is -0.195. The van der Waals surface area contributed by atoms with Gasteiger partial charge in [-0.3, -0.25) is 19.6 Å². The second-order valence-corrected chi connectivity index (χ2v) is 5.19. The smallest absolute Gasteiger partial charge is 0.442 e. The van der Waals surface area contributed by atoms with Crippen LogP contribution < -0.4 is 5.73 Å². The molecule has 0 saturated carbocycles. The minimum atomic E-state index is -5.06. The molecular weight excluding hydrogens is 345 g/mol. The number of aliphatic carboxylic acids is 1. The molecule has 1 unspecified atom stereocenters. The summed E-state index contributed by atoms with van der Waals surface area (Å²) in [5.41, 5.74) is 2.45. The highest BCUT2D eigenvalue weighted by molar-refractivity contribution is 5.73. The van der Waals surface area contributed by atoms with Crippen molar-refractivity contribution in [3.63, 3.8) is 0 Å². The lowest BCUT2D eigenvalue weighted by atomic mass is 10.1. The SMILES string of the molecule is NC(Cc1c([N+](=O)[O-])c(C(F)(F)F)nn1Cc1ccccc1)C(=O)O. The number of nitrogens with zero attached hydrogens (tertiary/aromatic N) is 3. The van der Waals surface area contributed by atoms with Crippen molar-refractivity contribution in [2.24, 2.45) is 5.73 Å². The van der Waals surface area contributed by atoms with Crippen LogP contribution in [-0.2, 0) is 23.9 Å². The maximum Gasteiger partial charge on any atom is 0.442 e. The number of hydrogen-bond donors (Lipinski definition) is 2. The van der Waals surface area contributed by atoms with Crippen molar-refractivity contribution in [3.05, 3.63) is 57.4 Å².